The van der Waals surface area contributed by atoms with Gasteiger partial charge in [-0.1, -0.05) is 30.3 Å². The first kappa shape index (κ1) is 16.6. The van der Waals surface area contributed by atoms with Gasteiger partial charge in [0.1, 0.15) is 5.75 Å². The predicted molar refractivity (Wildman–Crippen MR) is 91.6 cm³/mol. The summed E-state index contributed by atoms with van der Waals surface area (Å²) in [5, 5.41) is 19.5. The van der Waals surface area contributed by atoms with Gasteiger partial charge >= 0.3 is 5.97 Å². The van der Waals surface area contributed by atoms with Crippen LogP contribution in [0.4, 0.5) is 5.69 Å². The third kappa shape index (κ3) is 3.06. The first-order chi connectivity index (χ1) is 12.0. The van der Waals surface area contributed by atoms with Gasteiger partial charge in [-0.05, 0) is 29.8 Å². The summed E-state index contributed by atoms with van der Waals surface area (Å²) in [6.07, 6.45) is -0.419. The van der Waals surface area contributed by atoms with Gasteiger partial charge in [0.2, 0.25) is 0 Å². The van der Waals surface area contributed by atoms with Crippen LogP contribution in [-0.2, 0) is 9.59 Å². The van der Waals surface area contributed by atoms with Crippen LogP contribution in [0.1, 0.15) is 18.0 Å². The smallest absolute Gasteiger partial charge is 0.307 e. The summed E-state index contributed by atoms with van der Waals surface area (Å²) >= 11 is 0. The number of ether oxygens (including phenoxy) is 1. The molecule has 0 bridgehead atoms. The molecule has 0 unspecified atom stereocenters. The fourth-order valence-electron chi connectivity index (χ4n) is 2.99. The van der Waals surface area contributed by atoms with Crippen LogP contribution in [0.5, 0.6) is 5.75 Å². The number of nitrogens with zero attached hydrogens (tertiary/aromatic N) is 1. The van der Waals surface area contributed by atoms with E-state index < -0.39 is 30.1 Å². The number of aliphatic hydroxyl groups excluding tert-OH is 1. The van der Waals surface area contributed by atoms with Gasteiger partial charge in [-0.3, -0.25) is 14.5 Å². The Morgan fingerprint density at radius 3 is 2.32 bits per heavy atom. The fraction of sp³-hybridized carbons (Fsp3) is 0.158. The van der Waals surface area contributed by atoms with Crippen LogP contribution in [0.2, 0.25) is 0 Å². The van der Waals surface area contributed by atoms with Crippen LogP contribution < -0.4 is 9.64 Å². The van der Waals surface area contributed by atoms with E-state index in [-0.39, 0.29) is 5.57 Å². The van der Waals surface area contributed by atoms with Gasteiger partial charge in [0.25, 0.3) is 5.91 Å². The normalized spacial score (nSPS) is 17.1. The molecular formula is C19H17NO5. The van der Waals surface area contributed by atoms with E-state index in [1.54, 1.807) is 55.6 Å². The number of hydrogen-bond acceptors (Lipinski definition) is 4. The average molecular weight is 339 g/mol. The third-order valence-electron chi connectivity index (χ3n) is 4.12. The Morgan fingerprint density at radius 1 is 1.12 bits per heavy atom. The van der Waals surface area contributed by atoms with Gasteiger partial charge in [0, 0.05) is 11.3 Å². The number of carbonyl (C=O) groups excluding carboxylic acids is 1. The third-order valence-corrected chi connectivity index (χ3v) is 4.12. The molecule has 0 radical (unpaired) electrons. The maximum absolute atomic E-state index is 12.6. The number of carboxylic acids is 1. The van der Waals surface area contributed by atoms with E-state index in [0.29, 0.717) is 17.0 Å². The van der Waals surface area contributed by atoms with E-state index in [9.17, 15) is 19.8 Å². The van der Waals surface area contributed by atoms with Crippen molar-refractivity contribution in [2.45, 2.75) is 12.5 Å². The molecule has 0 saturated carbocycles. The molecule has 0 spiro atoms. The number of methoxy groups -OCH3 is 1. The number of para-hydroxylation sites is 1. The molecular weight excluding hydrogens is 322 g/mol. The van der Waals surface area contributed by atoms with Crippen LogP contribution in [0.15, 0.2) is 65.9 Å². The molecule has 0 aromatic heterocycles. The highest BCUT2D eigenvalue weighted by Crippen LogP contribution is 2.42. The largest absolute Gasteiger partial charge is 0.503 e. The van der Waals surface area contributed by atoms with Gasteiger partial charge in [0.05, 0.1) is 19.6 Å². The SMILES string of the molecule is COc1ccc([C@H]2C(CC(=O)O)=C(O)C(=O)N2c2ccccc2)cc1. The Hall–Kier alpha value is -3.28. The number of anilines is 1. The number of rotatable bonds is 5. The second-order valence-electron chi connectivity index (χ2n) is 5.63. The van der Waals surface area contributed by atoms with E-state index >= 15 is 0 Å². The summed E-state index contributed by atoms with van der Waals surface area (Å²) < 4.78 is 5.14. The Kier molecular flexibility index (Phi) is 4.43. The van der Waals surface area contributed by atoms with Crippen molar-refractivity contribution < 1.29 is 24.5 Å². The molecule has 0 fully saturated rings. The van der Waals surface area contributed by atoms with Crippen molar-refractivity contribution >= 4 is 17.6 Å². The minimum Gasteiger partial charge on any atom is -0.503 e. The molecule has 1 amide bonds. The van der Waals surface area contributed by atoms with Crippen molar-refractivity contribution in [3.05, 3.63) is 71.5 Å². The maximum Gasteiger partial charge on any atom is 0.307 e. The molecule has 1 aliphatic heterocycles. The van der Waals surface area contributed by atoms with E-state index in [0.717, 1.165) is 0 Å². The van der Waals surface area contributed by atoms with Crippen LogP contribution >= 0.6 is 0 Å². The number of aliphatic carboxylic acids is 1. The number of hydrogen-bond donors (Lipinski definition) is 2. The lowest BCUT2D eigenvalue weighted by molar-refractivity contribution is -0.136. The molecule has 6 heteroatoms. The predicted octanol–water partition coefficient (Wildman–Crippen LogP) is 3.07. The summed E-state index contributed by atoms with van der Waals surface area (Å²) in [4.78, 5) is 25.2. The highest BCUT2D eigenvalue weighted by atomic mass is 16.5. The average Bonchev–Trinajstić information content (AvgIpc) is 2.87. The highest BCUT2D eigenvalue weighted by Gasteiger charge is 2.41. The number of amides is 1. The van der Waals surface area contributed by atoms with Crippen molar-refractivity contribution in [2.75, 3.05) is 12.0 Å². The van der Waals surface area contributed by atoms with E-state index in [4.69, 9.17) is 4.74 Å². The summed E-state index contributed by atoms with van der Waals surface area (Å²) in [7, 11) is 1.55. The van der Waals surface area contributed by atoms with Crippen molar-refractivity contribution in [1.82, 2.24) is 0 Å². The van der Waals surface area contributed by atoms with Crippen molar-refractivity contribution in [2.24, 2.45) is 0 Å². The zero-order valence-corrected chi connectivity index (χ0v) is 13.5. The van der Waals surface area contributed by atoms with Gasteiger partial charge in [-0.2, -0.15) is 0 Å². The first-order valence-corrected chi connectivity index (χ1v) is 7.69. The summed E-state index contributed by atoms with van der Waals surface area (Å²) in [5.41, 5.74) is 1.45. The Morgan fingerprint density at radius 2 is 1.76 bits per heavy atom. The molecule has 1 aliphatic rings. The molecule has 1 heterocycles. The second-order valence-corrected chi connectivity index (χ2v) is 5.63. The monoisotopic (exact) mass is 339 g/mol. The second kappa shape index (κ2) is 6.68. The minimum absolute atomic E-state index is 0.173. The summed E-state index contributed by atoms with van der Waals surface area (Å²) in [5.74, 6) is -1.58. The zero-order valence-electron chi connectivity index (χ0n) is 13.5. The summed E-state index contributed by atoms with van der Waals surface area (Å²) in [6, 6.07) is 15.2. The zero-order chi connectivity index (χ0) is 18.0. The number of carbonyl (C=O) groups is 2. The van der Waals surface area contributed by atoms with Crippen LogP contribution in [0, 0.1) is 0 Å². The van der Waals surface area contributed by atoms with Gasteiger partial charge < -0.3 is 14.9 Å². The highest BCUT2D eigenvalue weighted by molar-refractivity contribution is 6.09. The number of aliphatic hydroxyl groups is 1. The lowest BCUT2D eigenvalue weighted by Crippen LogP contribution is -2.30. The van der Waals surface area contributed by atoms with Gasteiger partial charge in [0.15, 0.2) is 5.76 Å². The van der Waals surface area contributed by atoms with E-state index in [1.165, 1.54) is 4.90 Å². The van der Waals surface area contributed by atoms with Gasteiger partial charge in [-0.25, -0.2) is 0 Å². The topological polar surface area (TPSA) is 87.1 Å². The first-order valence-electron chi connectivity index (χ1n) is 7.69. The van der Waals surface area contributed by atoms with Crippen molar-refractivity contribution in [3.63, 3.8) is 0 Å². The molecule has 128 valence electrons. The quantitative estimate of drug-likeness (QED) is 0.874. The molecule has 1 atom stereocenters. The van der Waals surface area contributed by atoms with E-state index in [1.807, 2.05) is 6.07 Å². The number of carboxylic acid groups (broad SMARTS) is 1. The Labute approximate surface area is 144 Å². The number of benzene rings is 2. The molecule has 2 aromatic rings. The fourth-order valence-corrected chi connectivity index (χ4v) is 2.99. The van der Waals surface area contributed by atoms with E-state index in [2.05, 4.69) is 0 Å². The van der Waals surface area contributed by atoms with Crippen molar-refractivity contribution in [1.29, 1.82) is 0 Å². The summed E-state index contributed by atoms with van der Waals surface area (Å²) in [6.45, 7) is 0. The Balaban J connectivity index is 2.11. The van der Waals surface area contributed by atoms with Gasteiger partial charge in [-0.15, -0.1) is 0 Å². The molecule has 3 rings (SSSR count). The molecule has 25 heavy (non-hydrogen) atoms. The Bertz CT molecular complexity index is 827. The van der Waals surface area contributed by atoms with Crippen molar-refractivity contribution in [3.8, 4) is 5.75 Å². The van der Waals surface area contributed by atoms with Crippen LogP contribution in [0.3, 0.4) is 0 Å². The molecule has 0 saturated heterocycles. The maximum atomic E-state index is 12.6. The molecule has 2 N–H and O–H groups in total. The van der Waals surface area contributed by atoms with Crippen LogP contribution in [-0.4, -0.2) is 29.2 Å². The molecule has 6 nitrogen and oxygen atoms in total. The molecule has 2 aromatic carbocycles. The standard InChI is InChI=1S/C19H17NO5/c1-25-14-9-7-12(8-10-14)17-15(11-16(21)22)18(23)19(24)20(17)13-5-3-2-4-6-13/h2-10,17,23H,11H2,1H3,(H,21,22)/t17-/m0/s1. The van der Waals surface area contributed by atoms with Crippen LogP contribution in [0.25, 0.3) is 0 Å². The lowest BCUT2D eigenvalue weighted by Gasteiger charge is -2.27. The molecule has 0 aliphatic carbocycles. The lowest BCUT2D eigenvalue weighted by atomic mass is 9.96. The minimum atomic E-state index is -1.11.